The number of carbonyl (C=O) groups is 1. The molecule has 0 bridgehead atoms. The standard InChI is InChI=1S/C17H19NO5/c1-3-18(11-13-5-4-6-21-13)17(19)12-9-14(20-2)16-15(10-12)22-7-8-23-16/h4-6,9-10H,3,7-8,11H2,1-2H3. The highest BCUT2D eigenvalue weighted by atomic mass is 16.6. The lowest BCUT2D eigenvalue weighted by Crippen LogP contribution is -2.30. The quantitative estimate of drug-likeness (QED) is 0.848. The summed E-state index contributed by atoms with van der Waals surface area (Å²) in [4.78, 5) is 14.5. The van der Waals surface area contributed by atoms with Crippen molar-refractivity contribution in [1.82, 2.24) is 4.90 Å². The molecule has 0 saturated carbocycles. The monoisotopic (exact) mass is 317 g/mol. The maximum absolute atomic E-state index is 12.8. The van der Waals surface area contributed by atoms with Gasteiger partial charge in [-0.1, -0.05) is 0 Å². The van der Waals surface area contributed by atoms with Crippen LogP contribution in [0.5, 0.6) is 17.2 Å². The Morgan fingerprint density at radius 1 is 1.30 bits per heavy atom. The van der Waals surface area contributed by atoms with Crippen molar-refractivity contribution >= 4 is 5.91 Å². The zero-order valence-corrected chi connectivity index (χ0v) is 13.2. The second kappa shape index (κ2) is 6.64. The number of ether oxygens (including phenoxy) is 3. The number of furan rings is 1. The van der Waals surface area contributed by atoms with Gasteiger partial charge in [0.2, 0.25) is 5.75 Å². The number of hydrogen-bond donors (Lipinski definition) is 0. The molecule has 1 aromatic heterocycles. The maximum atomic E-state index is 12.8. The Morgan fingerprint density at radius 3 is 2.83 bits per heavy atom. The Balaban J connectivity index is 1.88. The van der Waals surface area contributed by atoms with Gasteiger partial charge >= 0.3 is 0 Å². The molecule has 0 unspecified atom stereocenters. The molecule has 0 N–H and O–H groups in total. The van der Waals surface area contributed by atoms with E-state index >= 15 is 0 Å². The predicted octanol–water partition coefficient (Wildman–Crippen LogP) is 2.72. The van der Waals surface area contributed by atoms with Gasteiger partial charge in [0.1, 0.15) is 19.0 Å². The van der Waals surface area contributed by atoms with Crippen molar-refractivity contribution in [3.8, 4) is 17.2 Å². The van der Waals surface area contributed by atoms with Crippen LogP contribution in [0.1, 0.15) is 23.0 Å². The van der Waals surface area contributed by atoms with Crippen molar-refractivity contribution in [1.29, 1.82) is 0 Å². The highest BCUT2D eigenvalue weighted by Crippen LogP contribution is 2.40. The Bertz CT molecular complexity index is 663. The SMILES string of the molecule is CCN(Cc1ccco1)C(=O)c1cc(OC)c2c(c1)OCCO2. The minimum absolute atomic E-state index is 0.112. The molecule has 3 rings (SSSR count). The first-order valence-corrected chi connectivity index (χ1v) is 7.52. The average molecular weight is 317 g/mol. The fourth-order valence-electron chi connectivity index (χ4n) is 2.50. The second-order valence-corrected chi connectivity index (χ2v) is 5.10. The van der Waals surface area contributed by atoms with Gasteiger partial charge in [0.15, 0.2) is 11.5 Å². The zero-order valence-electron chi connectivity index (χ0n) is 13.2. The van der Waals surface area contributed by atoms with Gasteiger partial charge in [0.25, 0.3) is 5.91 Å². The van der Waals surface area contributed by atoms with Gasteiger partial charge in [-0.15, -0.1) is 0 Å². The first-order valence-electron chi connectivity index (χ1n) is 7.52. The lowest BCUT2D eigenvalue weighted by Gasteiger charge is -2.23. The molecule has 0 radical (unpaired) electrons. The average Bonchev–Trinajstić information content (AvgIpc) is 3.11. The fourth-order valence-corrected chi connectivity index (χ4v) is 2.50. The molecule has 1 aliphatic heterocycles. The Morgan fingerprint density at radius 2 is 2.13 bits per heavy atom. The number of hydrogen-bond acceptors (Lipinski definition) is 5. The molecule has 0 fully saturated rings. The third kappa shape index (κ3) is 3.11. The molecule has 0 saturated heterocycles. The largest absolute Gasteiger partial charge is 0.493 e. The van der Waals surface area contributed by atoms with Crippen LogP contribution in [-0.4, -0.2) is 37.7 Å². The van der Waals surface area contributed by atoms with Gasteiger partial charge in [-0.05, 0) is 31.2 Å². The van der Waals surface area contributed by atoms with Gasteiger partial charge in [-0.3, -0.25) is 4.79 Å². The van der Waals surface area contributed by atoms with Gasteiger partial charge in [-0.2, -0.15) is 0 Å². The van der Waals surface area contributed by atoms with E-state index in [2.05, 4.69) is 0 Å². The molecule has 6 nitrogen and oxygen atoms in total. The number of fused-ring (bicyclic) bond motifs is 1. The van der Waals surface area contributed by atoms with E-state index < -0.39 is 0 Å². The van der Waals surface area contributed by atoms with E-state index in [-0.39, 0.29) is 5.91 Å². The van der Waals surface area contributed by atoms with Gasteiger partial charge in [-0.25, -0.2) is 0 Å². The number of amides is 1. The molecular weight excluding hydrogens is 298 g/mol. The molecule has 0 spiro atoms. The van der Waals surface area contributed by atoms with Crippen LogP contribution in [0.15, 0.2) is 34.9 Å². The Kier molecular flexibility index (Phi) is 4.41. The van der Waals surface area contributed by atoms with Crippen LogP contribution in [0, 0.1) is 0 Å². The summed E-state index contributed by atoms with van der Waals surface area (Å²) >= 11 is 0. The normalized spacial score (nSPS) is 12.8. The Labute approximate surface area is 134 Å². The highest BCUT2D eigenvalue weighted by Gasteiger charge is 2.23. The van der Waals surface area contributed by atoms with Crippen molar-refractivity contribution < 1.29 is 23.4 Å². The van der Waals surface area contributed by atoms with Crippen molar-refractivity contribution in [2.45, 2.75) is 13.5 Å². The first-order chi connectivity index (χ1) is 11.2. The van der Waals surface area contributed by atoms with Gasteiger partial charge in [0.05, 0.1) is 19.9 Å². The van der Waals surface area contributed by atoms with Crippen LogP contribution in [0.2, 0.25) is 0 Å². The zero-order chi connectivity index (χ0) is 16.2. The minimum Gasteiger partial charge on any atom is -0.493 e. The van der Waals surface area contributed by atoms with Gasteiger partial charge < -0.3 is 23.5 Å². The number of rotatable bonds is 5. The van der Waals surface area contributed by atoms with E-state index in [1.54, 1.807) is 36.5 Å². The first kappa shape index (κ1) is 15.3. The summed E-state index contributed by atoms with van der Waals surface area (Å²) in [6.45, 7) is 3.83. The summed E-state index contributed by atoms with van der Waals surface area (Å²) in [5, 5.41) is 0. The van der Waals surface area contributed by atoms with Crippen LogP contribution in [0.3, 0.4) is 0 Å². The molecule has 0 aliphatic carbocycles. The lowest BCUT2D eigenvalue weighted by molar-refractivity contribution is 0.0739. The van der Waals surface area contributed by atoms with Gasteiger partial charge in [0, 0.05) is 12.1 Å². The third-order valence-corrected chi connectivity index (χ3v) is 3.67. The summed E-state index contributed by atoms with van der Waals surface area (Å²) < 4.78 is 21.8. The van der Waals surface area contributed by atoms with E-state index in [0.717, 1.165) is 5.76 Å². The summed E-state index contributed by atoms with van der Waals surface area (Å²) in [7, 11) is 1.54. The second-order valence-electron chi connectivity index (χ2n) is 5.10. The summed E-state index contributed by atoms with van der Waals surface area (Å²) in [5.41, 5.74) is 0.500. The molecule has 1 amide bonds. The summed E-state index contributed by atoms with van der Waals surface area (Å²) in [5.74, 6) is 2.21. The van der Waals surface area contributed by atoms with Crippen LogP contribution in [0.4, 0.5) is 0 Å². The molecule has 122 valence electrons. The van der Waals surface area contributed by atoms with E-state index in [1.807, 2.05) is 13.0 Å². The van der Waals surface area contributed by atoms with Crippen molar-refractivity contribution in [2.24, 2.45) is 0 Å². The smallest absolute Gasteiger partial charge is 0.254 e. The van der Waals surface area contributed by atoms with Crippen LogP contribution < -0.4 is 14.2 Å². The summed E-state index contributed by atoms with van der Waals surface area (Å²) in [6, 6.07) is 7.03. The van der Waals surface area contributed by atoms with Crippen molar-refractivity contribution in [3.63, 3.8) is 0 Å². The molecule has 2 heterocycles. The number of carbonyl (C=O) groups excluding carboxylic acids is 1. The number of methoxy groups -OCH3 is 1. The van der Waals surface area contributed by atoms with E-state index in [1.165, 1.54) is 0 Å². The lowest BCUT2D eigenvalue weighted by atomic mass is 10.1. The maximum Gasteiger partial charge on any atom is 0.254 e. The predicted molar refractivity (Wildman–Crippen MR) is 83.1 cm³/mol. The van der Waals surface area contributed by atoms with E-state index in [4.69, 9.17) is 18.6 Å². The van der Waals surface area contributed by atoms with Crippen molar-refractivity contribution in [3.05, 3.63) is 41.9 Å². The molecule has 1 aliphatic rings. The summed E-state index contributed by atoms with van der Waals surface area (Å²) in [6.07, 6.45) is 1.60. The molecule has 2 aromatic rings. The van der Waals surface area contributed by atoms with Crippen LogP contribution in [0.25, 0.3) is 0 Å². The Hall–Kier alpha value is -2.63. The third-order valence-electron chi connectivity index (χ3n) is 3.67. The molecule has 6 heteroatoms. The van der Waals surface area contributed by atoms with E-state index in [0.29, 0.717) is 49.1 Å². The molecule has 0 atom stereocenters. The fraction of sp³-hybridized carbons (Fsp3) is 0.353. The topological polar surface area (TPSA) is 61.1 Å². The molecule has 1 aromatic carbocycles. The minimum atomic E-state index is -0.112. The molecular formula is C17H19NO5. The van der Waals surface area contributed by atoms with Crippen molar-refractivity contribution in [2.75, 3.05) is 26.9 Å². The molecule has 23 heavy (non-hydrogen) atoms. The number of nitrogens with zero attached hydrogens (tertiary/aromatic N) is 1. The highest BCUT2D eigenvalue weighted by molar-refractivity contribution is 5.95. The van der Waals surface area contributed by atoms with E-state index in [9.17, 15) is 4.79 Å². The van der Waals surface area contributed by atoms with Crippen LogP contribution >= 0.6 is 0 Å². The number of benzene rings is 1. The van der Waals surface area contributed by atoms with Crippen LogP contribution in [-0.2, 0) is 6.54 Å².